The van der Waals surface area contributed by atoms with Gasteiger partial charge in [-0.05, 0) is 6.07 Å². The number of sulfonamides is 1. The molecule has 0 saturated carbocycles. The molecule has 2 rings (SSSR count). The minimum absolute atomic E-state index is 0.0813. The number of rotatable bonds is 4. The number of pyridine rings is 1. The number of nitrogens with zero attached hydrogens (tertiary/aromatic N) is 3. The first-order valence-corrected chi connectivity index (χ1v) is 6.93. The molecule has 0 unspecified atom stereocenters. The van der Waals surface area contributed by atoms with Gasteiger partial charge in [-0.15, -0.1) is 0 Å². The molecule has 10 heteroatoms. The summed E-state index contributed by atoms with van der Waals surface area (Å²) in [6.07, 6.45) is 2.76. The van der Waals surface area contributed by atoms with E-state index in [-0.39, 0.29) is 21.6 Å². The molecule has 2 aromatic heterocycles. The van der Waals surface area contributed by atoms with E-state index in [1.54, 1.807) is 13.2 Å². The number of nitrogens with two attached hydrogens (primary N) is 1. The van der Waals surface area contributed by atoms with Gasteiger partial charge in [-0.2, -0.15) is 5.10 Å². The lowest BCUT2D eigenvalue weighted by molar-refractivity contribution is 0.600. The van der Waals surface area contributed by atoms with Gasteiger partial charge in [-0.25, -0.2) is 19.2 Å². The van der Waals surface area contributed by atoms with Crippen molar-refractivity contribution in [2.24, 2.45) is 12.9 Å². The smallest absolute Gasteiger partial charge is 0.264 e. The van der Waals surface area contributed by atoms with Gasteiger partial charge in [0.1, 0.15) is 4.90 Å². The van der Waals surface area contributed by atoms with E-state index >= 15 is 0 Å². The minimum atomic E-state index is -3.79. The van der Waals surface area contributed by atoms with E-state index in [4.69, 9.17) is 17.4 Å². The van der Waals surface area contributed by atoms with Gasteiger partial charge in [-0.1, -0.05) is 11.6 Å². The lowest BCUT2D eigenvalue weighted by Gasteiger charge is -2.07. The molecular formula is C9H11ClN6O2S. The van der Waals surface area contributed by atoms with Crippen molar-refractivity contribution < 1.29 is 8.42 Å². The summed E-state index contributed by atoms with van der Waals surface area (Å²) in [6.45, 7) is 0. The van der Waals surface area contributed by atoms with E-state index in [0.29, 0.717) is 0 Å². The van der Waals surface area contributed by atoms with Crippen LogP contribution in [-0.4, -0.2) is 23.2 Å². The Morgan fingerprint density at radius 1 is 1.47 bits per heavy atom. The van der Waals surface area contributed by atoms with Crippen LogP contribution in [0.3, 0.4) is 0 Å². The van der Waals surface area contributed by atoms with Crippen molar-refractivity contribution >= 4 is 33.3 Å². The maximum atomic E-state index is 12.1. The number of aryl methyl sites for hydroxylation is 1. The maximum Gasteiger partial charge on any atom is 0.264 e. The van der Waals surface area contributed by atoms with Crippen LogP contribution in [0.15, 0.2) is 29.4 Å². The Hall–Kier alpha value is -1.84. The molecule has 8 nitrogen and oxygen atoms in total. The Balaban J connectivity index is 2.31. The molecule has 102 valence electrons. The molecule has 0 saturated heterocycles. The molecule has 0 aliphatic rings. The zero-order valence-corrected chi connectivity index (χ0v) is 11.4. The highest BCUT2D eigenvalue weighted by Gasteiger charge is 2.17. The van der Waals surface area contributed by atoms with Crippen LogP contribution in [0.25, 0.3) is 0 Å². The molecule has 0 fully saturated rings. The van der Waals surface area contributed by atoms with Crippen LogP contribution >= 0.6 is 11.6 Å². The van der Waals surface area contributed by atoms with Crippen molar-refractivity contribution in [2.75, 3.05) is 10.1 Å². The Morgan fingerprint density at radius 2 is 2.21 bits per heavy atom. The topological polar surface area (TPSA) is 115 Å². The van der Waals surface area contributed by atoms with E-state index in [2.05, 4.69) is 20.2 Å². The van der Waals surface area contributed by atoms with Crippen molar-refractivity contribution in [1.29, 1.82) is 0 Å². The van der Waals surface area contributed by atoms with Crippen LogP contribution in [-0.2, 0) is 17.1 Å². The standard InChI is InChI=1S/C9H11ClN6O2S/c1-16-3-2-8(14-16)15-19(17,18)6-4-7(10)9(13-11)12-5-6/h2-5H,11H2,1H3,(H,12,13)(H,14,15). The van der Waals surface area contributed by atoms with Crippen molar-refractivity contribution in [3.05, 3.63) is 29.5 Å². The molecule has 0 spiro atoms. The number of anilines is 2. The van der Waals surface area contributed by atoms with Crippen molar-refractivity contribution in [3.8, 4) is 0 Å². The summed E-state index contributed by atoms with van der Waals surface area (Å²) in [5, 5.41) is 4.02. The second kappa shape index (κ2) is 5.03. The fraction of sp³-hybridized carbons (Fsp3) is 0.111. The lowest BCUT2D eigenvalue weighted by atomic mass is 10.5. The van der Waals surface area contributed by atoms with E-state index < -0.39 is 10.0 Å². The highest BCUT2D eigenvalue weighted by Crippen LogP contribution is 2.22. The zero-order chi connectivity index (χ0) is 14.0. The van der Waals surface area contributed by atoms with E-state index in [9.17, 15) is 8.42 Å². The monoisotopic (exact) mass is 302 g/mol. The van der Waals surface area contributed by atoms with Crippen molar-refractivity contribution in [1.82, 2.24) is 14.8 Å². The van der Waals surface area contributed by atoms with Crippen LogP contribution in [0.1, 0.15) is 0 Å². The molecule has 0 amide bonds. The first-order valence-electron chi connectivity index (χ1n) is 5.07. The quantitative estimate of drug-likeness (QED) is 0.561. The molecule has 2 heterocycles. The van der Waals surface area contributed by atoms with Gasteiger partial charge in [0.2, 0.25) is 0 Å². The van der Waals surface area contributed by atoms with E-state index in [1.165, 1.54) is 16.8 Å². The van der Waals surface area contributed by atoms with Crippen LogP contribution in [0.5, 0.6) is 0 Å². The van der Waals surface area contributed by atoms with Gasteiger partial charge >= 0.3 is 0 Å². The summed E-state index contributed by atoms with van der Waals surface area (Å²) < 4.78 is 27.9. The maximum absolute atomic E-state index is 12.1. The average molecular weight is 303 g/mol. The summed E-state index contributed by atoms with van der Waals surface area (Å²) >= 11 is 5.83. The highest BCUT2D eigenvalue weighted by molar-refractivity contribution is 7.92. The molecule has 0 bridgehead atoms. The largest absolute Gasteiger partial charge is 0.307 e. The molecular weight excluding hydrogens is 292 g/mol. The first-order chi connectivity index (χ1) is 8.92. The van der Waals surface area contributed by atoms with Crippen LogP contribution < -0.4 is 16.0 Å². The first kappa shape index (κ1) is 13.6. The van der Waals surface area contributed by atoms with Crippen molar-refractivity contribution in [3.63, 3.8) is 0 Å². The third-order valence-corrected chi connectivity index (χ3v) is 3.83. The SMILES string of the molecule is Cn1ccc(NS(=O)(=O)c2cnc(NN)c(Cl)c2)n1. The van der Waals surface area contributed by atoms with Gasteiger partial charge < -0.3 is 5.43 Å². The van der Waals surface area contributed by atoms with Gasteiger partial charge in [0, 0.05) is 25.5 Å². The van der Waals surface area contributed by atoms with Gasteiger partial charge in [0.15, 0.2) is 11.6 Å². The number of nitrogens with one attached hydrogen (secondary N) is 2. The summed E-state index contributed by atoms with van der Waals surface area (Å²) in [7, 11) is -2.11. The lowest BCUT2D eigenvalue weighted by Crippen LogP contribution is -2.15. The average Bonchev–Trinajstić information content (AvgIpc) is 2.73. The number of hydrogen-bond donors (Lipinski definition) is 3. The number of hydrogen-bond acceptors (Lipinski definition) is 6. The predicted octanol–water partition coefficient (Wildman–Crippen LogP) is 0.555. The third kappa shape index (κ3) is 2.95. The normalized spacial score (nSPS) is 11.3. The second-order valence-electron chi connectivity index (χ2n) is 3.63. The fourth-order valence-corrected chi connectivity index (χ4v) is 2.59. The Bertz CT molecular complexity index is 698. The summed E-state index contributed by atoms with van der Waals surface area (Å²) in [5.74, 6) is 5.56. The molecule has 0 radical (unpaired) electrons. The van der Waals surface area contributed by atoms with Crippen LogP contribution in [0.4, 0.5) is 11.6 Å². The predicted molar refractivity (Wildman–Crippen MR) is 71.1 cm³/mol. The summed E-state index contributed by atoms with van der Waals surface area (Å²) in [6, 6.07) is 2.78. The van der Waals surface area contributed by atoms with Gasteiger partial charge in [-0.3, -0.25) is 9.40 Å². The molecule has 0 aromatic carbocycles. The summed E-state index contributed by atoms with van der Waals surface area (Å²) in [5.41, 5.74) is 2.25. The highest BCUT2D eigenvalue weighted by atomic mass is 35.5. The fourth-order valence-electron chi connectivity index (χ4n) is 1.34. The molecule has 0 aliphatic carbocycles. The molecule has 0 aliphatic heterocycles. The Labute approximate surface area is 114 Å². The molecule has 4 N–H and O–H groups in total. The molecule has 19 heavy (non-hydrogen) atoms. The van der Waals surface area contributed by atoms with E-state index in [1.807, 2.05) is 0 Å². The van der Waals surface area contributed by atoms with Gasteiger partial charge in [0.25, 0.3) is 10.0 Å². The summed E-state index contributed by atoms with van der Waals surface area (Å²) in [4.78, 5) is 3.72. The minimum Gasteiger partial charge on any atom is -0.307 e. The van der Waals surface area contributed by atoms with Crippen molar-refractivity contribution in [2.45, 2.75) is 4.90 Å². The Morgan fingerprint density at radius 3 is 2.74 bits per heavy atom. The molecule has 0 atom stereocenters. The second-order valence-corrected chi connectivity index (χ2v) is 5.72. The zero-order valence-electron chi connectivity index (χ0n) is 9.83. The van der Waals surface area contributed by atoms with Crippen LogP contribution in [0, 0.1) is 0 Å². The number of hydrazine groups is 1. The van der Waals surface area contributed by atoms with E-state index in [0.717, 1.165) is 6.20 Å². The Kier molecular flexibility index (Phi) is 3.60. The number of halogens is 1. The number of aromatic nitrogens is 3. The van der Waals surface area contributed by atoms with Gasteiger partial charge in [0.05, 0.1) is 5.02 Å². The number of nitrogen functional groups attached to an aromatic ring is 1. The van der Waals surface area contributed by atoms with Crippen LogP contribution in [0.2, 0.25) is 5.02 Å². The third-order valence-electron chi connectivity index (χ3n) is 2.22. The molecule has 2 aromatic rings.